The Morgan fingerprint density at radius 1 is 1.19 bits per heavy atom. The van der Waals surface area contributed by atoms with E-state index in [0.29, 0.717) is 16.3 Å². The first-order valence-electron chi connectivity index (χ1n) is 9.83. The van der Waals surface area contributed by atoms with Gasteiger partial charge in [0.15, 0.2) is 5.13 Å². The number of carbonyl (C=O) groups excluding carboxylic acids is 2. The standard InChI is InChI=1S/C20H26N4O5S2/c1-13-17(19(26)29-4)30-20(21-13)22-18(25)15-12-14(31(27,28)23(2)3)8-9-16(15)24-10-6-5-7-11-24/h8-9,12H,5-7,10-11H2,1-4H3,(H,21,22,25). The molecule has 1 fully saturated rings. The van der Waals surface area contributed by atoms with Crippen LogP contribution in [-0.2, 0) is 14.8 Å². The van der Waals surface area contributed by atoms with Gasteiger partial charge in [0.05, 0.1) is 23.3 Å². The summed E-state index contributed by atoms with van der Waals surface area (Å²) in [6.07, 6.45) is 3.14. The van der Waals surface area contributed by atoms with Gasteiger partial charge >= 0.3 is 5.97 Å². The highest BCUT2D eigenvalue weighted by Gasteiger charge is 2.25. The number of hydrogen-bond acceptors (Lipinski definition) is 8. The quantitative estimate of drug-likeness (QED) is 0.652. The summed E-state index contributed by atoms with van der Waals surface area (Å²) in [5.41, 5.74) is 1.38. The van der Waals surface area contributed by atoms with Crippen molar-refractivity contribution in [3.63, 3.8) is 0 Å². The molecule has 0 aliphatic carbocycles. The molecule has 3 rings (SSSR count). The molecule has 1 saturated heterocycles. The van der Waals surface area contributed by atoms with E-state index in [0.717, 1.165) is 48.0 Å². The molecule has 1 aliphatic heterocycles. The van der Waals surface area contributed by atoms with Gasteiger partial charge in [0, 0.05) is 32.9 Å². The summed E-state index contributed by atoms with van der Waals surface area (Å²) in [6, 6.07) is 4.61. The average Bonchev–Trinajstić information content (AvgIpc) is 3.13. The van der Waals surface area contributed by atoms with Crippen LogP contribution in [0.1, 0.15) is 45.0 Å². The minimum absolute atomic E-state index is 0.0361. The van der Waals surface area contributed by atoms with Gasteiger partial charge in [-0.3, -0.25) is 10.1 Å². The number of nitrogens with one attached hydrogen (secondary N) is 1. The van der Waals surface area contributed by atoms with Gasteiger partial charge < -0.3 is 9.64 Å². The van der Waals surface area contributed by atoms with Crippen molar-refractivity contribution in [2.24, 2.45) is 0 Å². The summed E-state index contributed by atoms with van der Waals surface area (Å²) in [7, 11) is 0.459. The second kappa shape index (κ2) is 9.33. The van der Waals surface area contributed by atoms with Gasteiger partial charge in [-0.1, -0.05) is 11.3 Å². The Kier molecular flexibility index (Phi) is 6.97. The number of methoxy groups -OCH3 is 1. The number of piperidine rings is 1. The van der Waals surface area contributed by atoms with Crippen LogP contribution in [0.25, 0.3) is 0 Å². The molecule has 168 valence electrons. The Morgan fingerprint density at radius 3 is 2.48 bits per heavy atom. The van der Waals surface area contributed by atoms with E-state index in [1.54, 1.807) is 13.0 Å². The molecule has 0 spiro atoms. The number of esters is 1. The van der Waals surface area contributed by atoms with Crippen molar-refractivity contribution < 1.29 is 22.7 Å². The van der Waals surface area contributed by atoms with E-state index >= 15 is 0 Å². The molecular formula is C20H26N4O5S2. The molecule has 1 amide bonds. The number of hydrogen-bond donors (Lipinski definition) is 1. The van der Waals surface area contributed by atoms with E-state index in [2.05, 4.69) is 15.2 Å². The zero-order valence-electron chi connectivity index (χ0n) is 18.0. The van der Waals surface area contributed by atoms with Crippen LogP contribution in [0.5, 0.6) is 0 Å². The van der Waals surface area contributed by atoms with E-state index in [4.69, 9.17) is 4.74 Å². The number of nitrogens with zero attached hydrogens (tertiary/aromatic N) is 3. The number of carbonyl (C=O) groups is 2. The minimum Gasteiger partial charge on any atom is -0.465 e. The molecule has 1 aliphatic rings. The van der Waals surface area contributed by atoms with Crippen LogP contribution >= 0.6 is 11.3 Å². The lowest BCUT2D eigenvalue weighted by Crippen LogP contribution is -2.32. The SMILES string of the molecule is COC(=O)c1sc(NC(=O)c2cc(S(=O)(=O)N(C)C)ccc2N2CCCCC2)nc1C. The largest absolute Gasteiger partial charge is 0.465 e. The van der Waals surface area contributed by atoms with Crippen LogP contribution in [0.4, 0.5) is 10.8 Å². The first-order chi connectivity index (χ1) is 14.6. The number of benzene rings is 1. The predicted molar refractivity (Wildman–Crippen MR) is 120 cm³/mol. The zero-order chi connectivity index (χ0) is 22.8. The maximum atomic E-state index is 13.2. The number of aromatic nitrogens is 1. The van der Waals surface area contributed by atoms with Gasteiger partial charge in [-0.15, -0.1) is 0 Å². The Balaban J connectivity index is 2.00. The van der Waals surface area contributed by atoms with Crippen molar-refractivity contribution in [2.75, 3.05) is 44.5 Å². The van der Waals surface area contributed by atoms with Crippen LogP contribution in [0, 0.1) is 6.92 Å². The molecule has 0 atom stereocenters. The average molecular weight is 467 g/mol. The number of rotatable bonds is 6. The molecule has 31 heavy (non-hydrogen) atoms. The molecule has 1 aromatic heterocycles. The van der Waals surface area contributed by atoms with Gasteiger partial charge in [0.25, 0.3) is 5.91 Å². The maximum absolute atomic E-state index is 13.2. The Labute approximate surface area is 186 Å². The van der Waals surface area contributed by atoms with Crippen molar-refractivity contribution >= 4 is 44.1 Å². The minimum atomic E-state index is -3.71. The third kappa shape index (κ3) is 4.89. The number of amides is 1. The molecule has 9 nitrogen and oxygen atoms in total. The summed E-state index contributed by atoms with van der Waals surface area (Å²) in [4.78, 5) is 31.7. The molecule has 2 heterocycles. The first kappa shape index (κ1) is 23.2. The summed E-state index contributed by atoms with van der Waals surface area (Å²) < 4.78 is 31.1. The van der Waals surface area contributed by atoms with Gasteiger partial charge in [-0.2, -0.15) is 0 Å². The lowest BCUT2D eigenvalue weighted by molar-refractivity contribution is 0.0605. The molecule has 0 saturated carbocycles. The lowest BCUT2D eigenvalue weighted by atomic mass is 10.1. The summed E-state index contributed by atoms with van der Waals surface area (Å²) in [5, 5.41) is 2.96. The van der Waals surface area contributed by atoms with Crippen LogP contribution in [0.2, 0.25) is 0 Å². The number of sulfonamides is 1. The summed E-state index contributed by atoms with van der Waals surface area (Å²) in [5.74, 6) is -1.01. The fourth-order valence-corrected chi connectivity index (χ4v) is 5.18. The van der Waals surface area contributed by atoms with Crippen LogP contribution in [0.3, 0.4) is 0 Å². The van der Waals surface area contributed by atoms with Crippen LogP contribution in [0.15, 0.2) is 23.1 Å². The summed E-state index contributed by atoms with van der Waals surface area (Å²) in [6.45, 7) is 3.24. The number of aryl methyl sites for hydroxylation is 1. The fourth-order valence-electron chi connectivity index (χ4n) is 3.38. The molecule has 1 N–H and O–H groups in total. The maximum Gasteiger partial charge on any atom is 0.350 e. The van der Waals surface area contributed by atoms with Crippen molar-refractivity contribution in [1.29, 1.82) is 0 Å². The van der Waals surface area contributed by atoms with Crippen molar-refractivity contribution in [3.05, 3.63) is 34.3 Å². The highest BCUT2D eigenvalue weighted by molar-refractivity contribution is 7.89. The van der Waals surface area contributed by atoms with Crippen LogP contribution < -0.4 is 10.2 Å². The van der Waals surface area contributed by atoms with Gasteiger partial charge in [-0.25, -0.2) is 22.5 Å². The zero-order valence-corrected chi connectivity index (χ0v) is 19.6. The predicted octanol–water partition coefficient (Wildman–Crippen LogP) is 2.73. The third-order valence-corrected chi connectivity index (χ3v) is 7.94. The molecule has 1 aromatic carbocycles. The van der Waals surface area contributed by atoms with E-state index in [1.165, 1.54) is 33.3 Å². The second-order valence-corrected chi connectivity index (χ2v) is 10.5. The van der Waals surface area contributed by atoms with Gasteiger partial charge in [0.2, 0.25) is 10.0 Å². The Hall–Kier alpha value is -2.50. The van der Waals surface area contributed by atoms with E-state index in [9.17, 15) is 18.0 Å². The smallest absolute Gasteiger partial charge is 0.350 e. The molecular weight excluding hydrogens is 440 g/mol. The van der Waals surface area contributed by atoms with Crippen LogP contribution in [-0.4, -0.2) is 63.9 Å². The van der Waals surface area contributed by atoms with Crippen molar-refractivity contribution in [2.45, 2.75) is 31.1 Å². The summed E-state index contributed by atoms with van der Waals surface area (Å²) >= 11 is 1.01. The first-order valence-corrected chi connectivity index (χ1v) is 12.1. The van der Waals surface area contributed by atoms with Crippen molar-refractivity contribution in [1.82, 2.24) is 9.29 Å². The second-order valence-electron chi connectivity index (χ2n) is 7.39. The monoisotopic (exact) mass is 466 g/mol. The number of thiazole rings is 1. The molecule has 2 aromatic rings. The van der Waals surface area contributed by atoms with E-state index in [1.807, 2.05) is 0 Å². The fraction of sp³-hybridized carbons (Fsp3) is 0.450. The van der Waals surface area contributed by atoms with E-state index in [-0.39, 0.29) is 15.6 Å². The molecule has 11 heteroatoms. The third-order valence-electron chi connectivity index (χ3n) is 5.08. The van der Waals surface area contributed by atoms with E-state index < -0.39 is 21.9 Å². The Bertz CT molecular complexity index is 1090. The van der Waals surface area contributed by atoms with Gasteiger partial charge in [0.1, 0.15) is 4.88 Å². The van der Waals surface area contributed by atoms with Crippen molar-refractivity contribution in [3.8, 4) is 0 Å². The molecule has 0 unspecified atom stereocenters. The highest BCUT2D eigenvalue weighted by Crippen LogP contribution is 2.30. The van der Waals surface area contributed by atoms with Gasteiger partial charge in [-0.05, 0) is 44.4 Å². The molecule has 0 bridgehead atoms. The lowest BCUT2D eigenvalue weighted by Gasteiger charge is -2.30. The molecule has 0 radical (unpaired) electrons. The highest BCUT2D eigenvalue weighted by atomic mass is 32.2. The normalized spacial score (nSPS) is 14.5. The number of anilines is 2. The topological polar surface area (TPSA) is 109 Å². The Morgan fingerprint density at radius 2 is 1.87 bits per heavy atom. The number of ether oxygens (including phenoxy) is 1.